The number of piperidine rings is 1. The number of anilines is 2. The molecular weight excluding hydrogens is 336 g/mol. The van der Waals surface area contributed by atoms with Crippen LogP contribution in [0.5, 0.6) is 0 Å². The van der Waals surface area contributed by atoms with Gasteiger partial charge in [0.2, 0.25) is 11.8 Å². The lowest BCUT2D eigenvalue weighted by atomic mass is 10.1. The number of carbonyl (C=O) groups is 2. The molecule has 0 bridgehead atoms. The van der Waals surface area contributed by atoms with Gasteiger partial charge in [-0.15, -0.1) is 11.3 Å². The fraction of sp³-hybridized carbons (Fsp3) is 0.278. The molecule has 3 aromatic rings. The average molecular weight is 354 g/mol. The van der Waals surface area contributed by atoms with E-state index in [9.17, 15) is 9.59 Å². The SMILES string of the molecule is O=C(Cc1cn2ccsc2n1)Nc1cccc(N2CCCCC2=O)c1. The van der Waals surface area contributed by atoms with Gasteiger partial charge in [-0.05, 0) is 31.0 Å². The van der Waals surface area contributed by atoms with E-state index in [0.29, 0.717) is 12.1 Å². The Kier molecular flexibility index (Phi) is 4.23. The molecule has 0 atom stereocenters. The molecular formula is C18H18N4O2S. The molecule has 128 valence electrons. The molecule has 0 spiro atoms. The van der Waals surface area contributed by atoms with Crippen LogP contribution in [-0.2, 0) is 16.0 Å². The zero-order valence-electron chi connectivity index (χ0n) is 13.6. The summed E-state index contributed by atoms with van der Waals surface area (Å²) in [6.07, 6.45) is 6.57. The summed E-state index contributed by atoms with van der Waals surface area (Å²) in [7, 11) is 0. The van der Waals surface area contributed by atoms with Gasteiger partial charge < -0.3 is 10.2 Å². The van der Waals surface area contributed by atoms with E-state index >= 15 is 0 Å². The maximum atomic E-state index is 12.3. The minimum Gasteiger partial charge on any atom is -0.326 e. The molecule has 2 amide bonds. The van der Waals surface area contributed by atoms with Crippen molar-refractivity contribution in [2.24, 2.45) is 0 Å². The second-order valence-corrected chi connectivity index (χ2v) is 6.98. The van der Waals surface area contributed by atoms with Crippen LogP contribution < -0.4 is 10.2 Å². The van der Waals surface area contributed by atoms with Gasteiger partial charge in [-0.3, -0.25) is 14.0 Å². The molecule has 1 aliphatic heterocycles. The Bertz CT molecular complexity index is 901. The lowest BCUT2D eigenvalue weighted by Gasteiger charge is -2.27. The van der Waals surface area contributed by atoms with Crippen LogP contribution in [0.25, 0.3) is 4.96 Å². The number of imidazole rings is 1. The summed E-state index contributed by atoms with van der Waals surface area (Å²) in [6, 6.07) is 7.45. The molecule has 1 fully saturated rings. The average Bonchev–Trinajstić information content (AvgIpc) is 3.17. The highest BCUT2D eigenvalue weighted by Crippen LogP contribution is 2.24. The number of nitrogens with zero attached hydrogens (tertiary/aromatic N) is 3. The third-order valence-corrected chi connectivity index (χ3v) is 5.02. The van der Waals surface area contributed by atoms with Crippen LogP contribution in [0.4, 0.5) is 11.4 Å². The first-order chi connectivity index (χ1) is 12.2. The Morgan fingerprint density at radius 3 is 3.08 bits per heavy atom. The summed E-state index contributed by atoms with van der Waals surface area (Å²) < 4.78 is 1.91. The van der Waals surface area contributed by atoms with E-state index in [1.54, 1.807) is 4.90 Å². The van der Waals surface area contributed by atoms with Gasteiger partial charge >= 0.3 is 0 Å². The minimum atomic E-state index is -0.118. The molecule has 0 aliphatic carbocycles. The van der Waals surface area contributed by atoms with E-state index in [4.69, 9.17) is 0 Å². The number of thiazole rings is 1. The molecule has 6 nitrogen and oxygen atoms in total. The molecule has 0 radical (unpaired) electrons. The molecule has 4 rings (SSSR count). The Hall–Kier alpha value is -2.67. The molecule has 3 heterocycles. The smallest absolute Gasteiger partial charge is 0.230 e. The Labute approximate surface area is 149 Å². The van der Waals surface area contributed by atoms with Crippen molar-refractivity contribution in [2.45, 2.75) is 25.7 Å². The summed E-state index contributed by atoms with van der Waals surface area (Å²) in [5.74, 6) is 0.0284. The molecule has 2 aromatic heterocycles. The van der Waals surface area contributed by atoms with Crippen molar-refractivity contribution in [3.8, 4) is 0 Å². The number of hydrogen-bond acceptors (Lipinski definition) is 4. The standard InChI is InChI=1S/C18H18N4O2S/c23-16(11-14-12-21-8-9-25-18(21)20-14)19-13-4-3-5-15(10-13)22-7-2-1-6-17(22)24/h3-5,8-10,12H,1-2,6-7,11H2,(H,19,23). The Balaban J connectivity index is 1.44. The van der Waals surface area contributed by atoms with E-state index in [1.165, 1.54) is 11.3 Å². The summed E-state index contributed by atoms with van der Waals surface area (Å²) in [4.78, 5) is 31.5. The largest absolute Gasteiger partial charge is 0.326 e. The van der Waals surface area contributed by atoms with E-state index in [1.807, 2.05) is 46.4 Å². The number of rotatable bonds is 4. The lowest BCUT2D eigenvalue weighted by Crippen LogP contribution is -2.35. The van der Waals surface area contributed by atoms with Gasteiger partial charge in [-0.2, -0.15) is 0 Å². The fourth-order valence-corrected chi connectivity index (χ4v) is 3.78. The van der Waals surface area contributed by atoms with Gasteiger partial charge in [0.05, 0.1) is 12.1 Å². The molecule has 1 N–H and O–H groups in total. The number of fused-ring (bicyclic) bond motifs is 1. The van der Waals surface area contributed by atoms with Crippen LogP contribution in [0, 0.1) is 0 Å². The summed E-state index contributed by atoms with van der Waals surface area (Å²) >= 11 is 1.54. The molecule has 1 aromatic carbocycles. The molecule has 25 heavy (non-hydrogen) atoms. The van der Waals surface area contributed by atoms with Crippen LogP contribution >= 0.6 is 11.3 Å². The first-order valence-electron chi connectivity index (χ1n) is 8.30. The maximum Gasteiger partial charge on any atom is 0.230 e. The van der Waals surface area contributed by atoms with Crippen molar-refractivity contribution >= 4 is 39.5 Å². The van der Waals surface area contributed by atoms with Gasteiger partial charge in [-0.25, -0.2) is 4.98 Å². The quantitative estimate of drug-likeness (QED) is 0.783. The number of hydrogen-bond donors (Lipinski definition) is 1. The molecule has 0 unspecified atom stereocenters. The molecule has 0 saturated carbocycles. The van der Waals surface area contributed by atoms with Crippen molar-refractivity contribution in [1.29, 1.82) is 0 Å². The van der Waals surface area contributed by atoms with Crippen molar-refractivity contribution in [2.75, 3.05) is 16.8 Å². The van der Waals surface area contributed by atoms with Crippen LogP contribution in [-0.4, -0.2) is 27.7 Å². The maximum absolute atomic E-state index is 12.3. The number of aromatic nitrogens is 2. The molecule has 1 saturated heterocycles. The number of benzene rings is 1. The summed E-state index contributed by atoms with van der Waals surface area (Å²) in [5, 5.41) is 4.86. The van der Waals surface area contributed by atoms with Crippen molar-refractivity contribution < 1.29 is 9.59 Å². The Morgan fingerprint density at radius 2 is 2.24 bits per heavy atom. The van der Waals surface area contributed by atoms with Gasteiger partial charge in [0, 0.05) is 42.1 Å². The zero-order chi connectivity index (χ0) is 17.2. The van der Waals surface area contributed by atoms with E-state index < -0.39 is 0 Å². The topological polar surface area (TPSA) is 66.7 Å². The first kappa shape index (κ1) is 15.8. The Morgan fingerprint density at radius 1 is 1.32 bits per heavy atom. The minimum absolute atomic E-state index is 0.118. The second-order valence-electron chi connectivity index (χ2n) is 6.10. The predicted molar refractivity (Wildman–Crippen MR) is 98.0 cm³/mol. The highest BCUT2D eigenvalue weighted by molar-refractivity contribution is 7.15. The second kappa shape index (κ2) is 6.68. The van der Waals surface area contributed by atoms with Gasteiger partial charge in [0.1, 0.15) is 0 Å². The lowest BCUT2D eigenvalue weighted by molar-refractivity contribution is -0.119. The van der Waals surface area contributed by atoms with Crippen LogP contribution in [0.2, 0.25) is 0 Å². The van der Waals surface area contributed by atoms with Crippen molar-refractivity contribution in [3.05, 3.63) is 47.7 Å². The van der Waals surface area contributed by atoms with Crippen LogP contribution in [0.15, 0.2) is 42.0 Å². The highest BCUT2D eigenvalue weighted by Gasteiger charge is 2.19. The van der Waals surface area contributed by atoms with E-state index in [0.717, 1.165) is 35.7 Å². The zero-order valence-corrected chi connectivity index (χ0v) is 14.5. The summed E-state index contributed by atoms with van der Waals surface area (Å²) in [6.45, 7) is 0.738. The fourth-order valence-electron chi connectivity index (χ4n) is 3.06. The molecule has 7 heteroatoms. The van der Waals surface area contributed by atoms with E-state index in [2.05, 4.69) is 10.3 Å². The van der Waals surface area contributed by atoms with Crippen LogP contribution in [0.1, 0.15) is 25.0 Å². The number of amides is 2. The van der Waals surface area contributed by atoms with Crippen LogP contribution in [0.3, 0.4) is 0 Å². The monoisotopic (exact) mass is 354 g/mol. The first-order valence-corrected chi connectivity index (χ1v) is 9.18. The third kappa shape index (κ3) is 3.41. The predicted octanol–water partition coefficient (Wildman–Crippen LogP) is 3.09. The van der Waals surface area contributed by atoms with E-state index in [-0.39, 0.29) is 18.2 Å². The molecule has 1 aliphatic rings. The summed E-state index contributed by atoms with van der Waals surface area (Å²) in [5.41, 5.74) is 2.28. The van der Waals surface area contributed by atoms with Crippen molar-refractivity contribution in [3.63, 3.8) is 0 Å². The normalized spacial score (nSPS) is 14.9. The van der Waals surface area contributed by atoms with Gasteiger partial charge in [-0.1, -0.05) is 6.07 Å². The van der Waals surface area contributed by atoms with Crippen molar-refractivity contribution in [1.82, 2.24) is 9.38 Å². The number of carbonyl (C=O) groups excluding carboxylic acids is 2. The van der Waals surface area contributed by atoms with Gasteiger partial charge in [0.25, 0.3) is 0 Å². The third-order valence-electron chi connectivity index (χ3n) is 4.25. The number of nitrogens with one attached hydrogen (secondary N) is 1. The highest BCUT2D eigenvalue weighted by atomic mass is 32.1. The van der Waals surface area contributed by atoms with Gasteiger partial charge in [0.15, 0.2) is 4.96 Å².